The number of hydrogen-bond acceptors (Lipinski definition) is 3. The van der Waals surface area contributed by atoms with E-state index in [1.165, 1.54) is 23.5 Å². The fourth-order valence-electron chi connectivity index (χ4n) is 2.04. The molecule has 1 aliphatic carbocycles. The van der Waals surface area contributed by atoms with Crippen molar-refractivity contribution in [2.75, 3.05) is 0 Å². The third-order valence-electron chi connectivity index (χ3n) is 3.47. The molecule has 1 aliphatic rings. The van der Waals surface area contributed by atoms with Crippen molar-refractivity contribution in [3.05, 3.63) is 51.7 Å². The van der Waals surface area contributed by atoms with E-state index in [0.717, 1.165) is 17.0 Å². The standard InChI is InChI=1S/C15H15FN2OS/c1-9-6-12(9)18-15(19)13-8-17-14(20-13)7-10-2-4-11(16)5-3-10/h2-5,8-9,12H,6-7H2,1H3,(H,18,19). The fourth-order valence-corrected chi connectivity index (χ4v) is 2.89. The van der Waals surface area contributed by atoms with Crippen molar-refractivity contribution < 1.29 is 9.18 Å². The van der Waals surface area contributed by atoms with Gasteiger partial charge in [-0.05, 0) is 30.0 Å². The summed E-state index contributed by atoms with van der Waals surface area (Å²) < 4.78 is 12.8. The molecule has 1 amide bonds. The van der Waals surface area contributed by atoms with E-state index >= 15 is 0 Å². The Balaban J connectivity index is 1.64. The minimum absolute atomic E-state index is 0.0396. The molecule has 0 aliphatic heterocycles. The number of halogens is 1. The maximum Gasteiger partial charge on any atom is 0.263 e. The van der Waals surface area contributed by atoms with Gasteiger partial charge in [-0.25, -0.2) is 9.37 Å². The van der Waals surface area contributed by atoms with E-state index in [0.29, 0.717) is 23.3 Å². The van der Waals surface area contributed by atoms with Crippen molar-refractivity contribution >= 4 is 17.2 Å². The van der Waals surface area contributed by atoms with Crippen LogP contribution in [-0.2, 0) is 6.42 Å². The number of nitrogens with zero attached hydrogens (tertiary/aromatic N) is 1. The van der Waals surface area contributed by atoms with E-state index in [1.54, 1.807) is 18.3 Å². The van der Waals surface area contributed by atoms with Gasteiger partial charge in [0.1, 0.15) is 10.7 Å². The third kappa shape index (κ3) is 3.04. The summed E-state index contributed by atoms with van der Waals surface area (Å²) in [6.07, 6.45) is 3.30. The molecule has 1 aromatic carbocycles. The van der Waals surface area contributed by atoms with Gasteiger partial charge in [-0.15, -0.1) is 11.3 Å². The van der Waals surface area contributed by atoms with Crippen molar-refractivity contribution in [2.45, 2.75) is 25.8 Å². The number of thiazole rings is 1. The lowest BCUT2D eigenvalue weighted by Gasteiger charge is -2.00. The van der Waals surface area contributed by atoms with E-state index < -0.39 is 0 Å². The maximum absolute atomic E-state index is 12.8. The van der Waals surface area contributed by atoms with E-state index in [-0.39, 0.29) is 11.7 Å². The van der Waals surface area contributed by atoms with Gasteiger partial charge in [0.05, 0.1) is 11.2 Å². The minimum atomic E-state index is -0.244. The molecular weight excluding hydrogens is 275 g/mol. The first kappa shape index (κ1) is 13.2. The van der Waals surface area contributed by atoms with Gasteiger partial charge in [-0.1, -0.05) is 19.1 Å². The minimum Gasteiger partial charge on any atom is -0.348 e. The first-order valence-corrected chi connectivity index (χ1v) is 7.43. The summed E-state index contributed by atoms with van der Waals surface area (Å²) >= 11 is 1.39. The fraction of sp³-hybridized carbons (Fsp3) is 0.333. The highest BCUT2D eigenvalue weighted by Crippen LogP contribution is 2.29. The molecule has 1 N–H and O–H groups in total. The molecule has 0 saturated heterocycles. The van der Waals surface area contributed by atoms with Crippen molar-refractivity contribution in [1.82, 2.24) is 10.3 Å². The van der Waals surface area contributed by atoms with Gasteiger partial charge in [-0.2, -0.15) is 0 Å². The molecule has 0 radical (unpaired) electrons. The van der Waals surface area contributed by atoms with Gasteiger partial charge < -0.3 is 5.32 Å². The highest BCUT2D eigenvalue weighted by atomic mass is 32.1. The Kier molecular flexibility index (Phi) is 3.53. The molecule has 0 spiro atoms. The van der Waals surface area contributed by atoms with Gasteiger partial charge in [-0.3, -0.25) is 4.79 Å². The smallest absolute Gasteiger partial charge is 0.263 e. The van der Waals surface area contributed by atoms with Crippen molar-refractivity contribution in [3.8, 4) is 0 Å². The lowest BCUT2D eigenvalue weighted by molar-refractivity contribution is 0.0953. The molecule has 1 fully saturated rings. The Morgan fingerprint density at radius 3 is 2.80 bits per heavy atom. The highest BCUT2D eigenvalue weighted by molar-refractivity contribution is 7.13. The molecule has 5 heteroatoms. The van der Waals surface area contributed by atoms with Crippen molar-refractivity contribution in [3.63, 3.8) is 0 Å². The second kappa shape index (κ2) is 5.32. The molecule has 1 heterocycles. The average molecular weight is 290 g/mol. The zero-order valence-corrected chi connectivity index (χ0v) is 11.9. The van der Waals surface area contributed by atoms with Crippen LogP contribution in [-0.4, -0.2) is 16.9 Å². The lowest BCUT2D eigenvalue weighted by Crippen LogP contribution is -2.25. The summed E-state index contributed by atoms with van der Waals surface area (Å²) in [6.45, 7) is 2.12. The summed E-state index contributed by atoms with van der Waals surface area (Å²) in [7, 11) is 0. The molecule has 104 valence electrons. The highest BCUT2D eigenvalue weighted by Gasteiger charge is 2.34. The van der Waals surface area contributed by atoms with Gasteiger partial charge in [0.15, 0.2) is 0 Å². The zero-order valence-electron chi connectivity index (χ0n) is 11.1. The lowest BCUT2D eigenvalue weighted by atomic mass is 10.2. The molecule has 3 rings (SSSR count). The van der Waals surface area contributed by atoms with E-state index in [4.69, 9.17) is 0 Å². The number of carbonyl (C=O) groups is 1. The van der Waals surface area contributed by atoms with Crippen LogP contribution in [0.5, 0.6) is 0 Å². The molecule has 3 nitrogen and oxygen atoms in total. The summed E-state index contributed by atoms with van der Waals surface area (Å²) in [6, 6.07) is 6.67. The third-order valence-corrected chi connectivity index (χ3v) is 4.47. The van der Waals surface area contributed by atoms with Crippen molar-refractivity contribution in [2.24, 2.45) is 5.92 Å². The second-order valence-electron chi connectivity index (χ2n) is 5.21. The molecule has 1 saturated carbocycles. The van der Waals surface area contributed by atoms with Crippen LogP contribution in [0.15, 0.2) is 30.5 Å². The van der Waals surface area contributed by atoms with Crippen molar-refractivity contribution in [1.29, 1.82) is 0 Å². The molecule has 2 aromatic rings. The number of nitrogens with one attached hydrogen (secondary N) is 1. The van der Waals surface area contributed by atoms with Crippen LogP contribution in [0.25, 0.3) is 0 Å². The monoisotopic (exact) mass is 290 g/mol. The quantitative estimate of drug-likeness (QED) is 0.940. The normalized spacial score (nSPS) is 20.7. The first-order chi connectivity index (χ1) is 9.61. The van der Waals surface area contributed by atoms with E-state index in [9.17, 15) is 9.18 Å². The van der Waals surface area contributed by atoms with Crippen LogP contribution in [0.2, 0.25) is 0 Å². The Hall–Kier alpha value is -1.75. The Morgan fingerprint density at radius 2 is 2.15 bits per heavy atom. The van der Waals surface area contributed by atoms with Crippen LogP contribution in [0.4, 0.5) is 4.39 Å². The summed E-state index contributed by atoms with van der Waals surface area (Å²) in [5, 5.41) is 3.85. The van der Waals surface area contributed by atoms with Gasteiger partial charge in [0.25, 0.3) is 5.91 Å². The van der Waals surface area contributed by atoms with Gasteiger partial charge in [0.2, 0.25) is 0 Å². The van der Waals surface area contributed by atoms with Crippen LogP contribution >= 0.6 is 11.3 Å². The van der Waals surface area contributed by atoms with Gasteiger partial charge >= 0.3 is 0 Å². The summed E-state index contributed by atoms with van der Waals surface area (Å²) in [4.78, 5) is 16.9. The van der Waals surface area contributed by atoms with E-state index in [2.05, 4.69) is 17.2 Å². The average Bonchev–Trinajstić information content (AvgIpc) is 2.92. The summed E-state index contributed by atoms with van der Waals surface area (Å²) in [5.41, 5.74) is 0.989. The van der Waals surface area contributed by atoms with Crippen LogP contribution in [0, 0.1) is 11.7 Å². The Bertz CT molecular complexity index is 623. The first-order valence-electron chi connectivity index (χ1n) is 6.62. The van der Waals surface area contributed by atoms with Gasteiger partial charge in [0, 0.05) is 12.5 Å². The maximum atomic E-state index is 12.8. The number of aromatic nitrogens is 1. The molecule has 20 heavy (non-hydrogen) atoms. The van der Waals surface area contributed by atoms with E-state index in [1.807, 2.05) is 0 Å². The van der Waals surface area contributed by atoms with Crippen LogP contribution < -0.4 is 5.32 Å². The molecular formula is C15H15FN2OS. The van der Waals surface area contributed by atoms with Crippen LogP contribution in [0.3, 0.4) is 0 Å². The number of carbonyl (C=O) groups excluding carboxylic acids is 1. The topological polar surface area (TPSA) is 42.0 Å². The largest absolute Gasteiger partial charge is 0.348 e. The predicted molar refractivity (Wildman–Crippen MR) is 76.4 cm³/mol. The zero-order chi connectivity index (χ0) is 14.1. The second-order valence-corrected chi connectivity index (χ2v) is 6.33. The molecule has 2 unspecified atom stereocenters. The van der Waals surface area contributed by atoms with Crippen LogP contribution in [0.1, 0.15) is 33.6 Å². The Labute approximate surface area is 120 Å². The number of rotatable bonds is 4. The summed E-state index contributed by atoms with van der Waals surface area (Å²) in [5.74, 6) is 0.305. The number of amides is 1. The SMILES string of the molecule is CC1CC1NC(=O)c1cnc(Cc2ccc(F)cc2)s1. The molecule has 0 bridgehead atoms. The molecule has 1 aromatic heterocycles. The number of benzene rings is 1. The number of hydrogen-bond donors (Lipinski definition) is 1. The Morgan fingerprint density at radius 1 is 1.45 bits per heavy atom. The molecule has 2 atom stereocenters. The predicted octanol–water partition coefficient (Wildman–Crippen LogP) is 3.01.